The monoisotopic (exact) mass is 269 g/mol. The first-order valence-electron chi connectivity index (χ1n) is 5.29. The van der Waals surface area contributed by atoms with Crippen LogP contribution < -0.4 is 0 Å². The SMILES string of the molecule is CON(Cc1cccc(F)c1)C(=O)CC(=O)C(=O)O. The third kappa shape index (κ3) is 4.47. The summed E-state index contributed by atoms with van der Waals surface area (Å²) in [7, 11) is 1.20. The molecule has 7 heteroatoms. The maximum atomic E-state index is 13.0. The van der Waals surface area contributed by atoms with Gasteiger partial charge in [0.05, 0.1) is 20.1 Å². The normalized spacial score (nSPS) is 10.0. The van der Waals surface area contributed by atoms with Crippen molar-refractivity contribution in [2.45, 2.75) is 13.0 Å². The van der Waals surface area contributed by atoms with E-state index in [0.717, 1.165) is 5.06 Å². The Bertz CT molecular complexity index is 503. The van der Waals surface area contributed by atoms with Gasteiger partial charge < -0.3 is 5.11 Å². The smallest absolute Gasteiger partial charge is 0.372 e. The summed E-state index contributed by atoms with van der Waals surface area (Å²) in [5.74, 6) is -4.19. The van der Waals surface area contributed by atoms with E-state index in [-0.39, 0.29) is 6.54 Å². The number of benzene rings is 1. The Morgan fingerprint density at radius 1 is 1.37 bits per heavy atom. The molecule has 19 heavy (non-hydrogen) atoms. The highest BCUT2D eigenvalue weighted by atomic mass is 19.1. The Morgan fingerprint density at radius 3 is 2.58 bits per heavy atom. The van der Waals surface area contributed by atoms with Gasteiger partial charge in [0, 0.05) is 0 Å². The molecule has 1 aromatic rings. The molecule has 0 aliphatic rings. The quantitative estimate of drug-likeness (QED) is 0.468. The molecular weight excluding hydrogens is 257 g/mol. The molecule has 0 aliphatic carbocycles. The van der Waals surface area contributed by atoms with Crippen LogP contribution in [0.4, 0.5) is 4.39 Å². The highest BCUT2D eigenvalue weighted by molar-refractivity contribution is 6.36. The van der Waals surface area contributed by atoms with E-state index < -0.39 is 29.9 Å². The maximum Gasteiger partial charge on any atom is 0.372 e. The van der Waals surface area contributed by atoms with E-state index in [1.165, 1.54) is 25.3 Å². The Hall–Kier alpha value is -2.28. The molecule has 0 aromatic heterocycles. The van der Waals surface area contributed by atoms with Gasteiger partial charge >= 0.3 is 5.97 Å². The number of ketones is 1. The Balaban J connectivity index is 2.70. The number of aliphatic carboxylic acids is 1. The molecule has 0 aliphatic heterocycles. The topological polar surface area (TPSA) is 83.9 Å². The number of hydrogen-bond acceptors (Lipinski definition) is 4. The van der Waals surface area contributed by atoms with Gasteiger partial charge in [-0.05, 0) is 17.7 Å². The number of carbonyl (C=O) groups excluding carboxylic acids is 2. The van der Waals surface area contributed by atoms with Crippen LogP contribution in [-0.2, 0) is 25.8 Å². The number of carbonyl (C=O) groups is 3. The first-order chi connectivity index (χ1) is 8.93. The lowest BCUT2D eigenvalue weighted by atomic mass is 10.2. The minimum atomic E-state index is -1.69. The van der Waals surface area contributed by atoms with Gasteiger partial charge in [0.25, 0.3) is 5.91 Å². The van der Waals surface area contributed by atoms with E-state index in [0.29, 0.717) is 5.56 Å². The van der Waals surface area contributed by atoms with Gasteiger partial charge in [0.1, 0.15) is 5.82 Å². The molecule has 6 nitrogen and oxygen atoms in total. The second-order valence-corrected chi connectivity index (χ2v) is 3.65. The zero-order valence-electron chi connectivity index (χ0n) is 10.1. The number of amides is 1. The van der Waals surface area contributed by atoms with Crippen LogP contribution in [0.25, 0.3) is 0 Å². The zero-order valence-corrected chi connectivity index (χ0v) is 10.1. The molecule has 0 radical (unpaired) electrons. The average molecular weight is 269 g/mol. The van der Waals surface area contributed by atoms with Crippen LogP contribution in [0.15, 0.2) is 24.3 Å². The minimum Gasteiger partial charge on any atom is -0.475 e. The Labute approximate surface area is 108 Å². The standard InChI is InChI=1S/C12H12FNO5/c1-19-14(11(16)6-10(15)12(17)18)7-8-3-2-4-9(13)5-8/h2-5H,6-7H2,1H3,(H,17,18). The van der Waals surface area contributed by atoms with Crippen molar-refractivity contribution in [3.8, 4) is 0 Å². The van der Waals surface area contributed by atoms with Crippen LogP contribution in [0.1, 0.15) is 12.0 Å². The van der Waals surface area contributed by atoms with Gasteiger partial charge in [0.15, 0.2) is 0 Å². The van der Waals surface area contributed by atoms with Crippen LogP contribution in [0.2, 0.25) is 0 Å². The summed E-state index contributed by atoms with van der Waals surface area (Å²) in [5.41, 5.74) is 0.456. The first-order valence-corrected chi connectivity index (χ1v) is 5.29. The van der Waals surface area contributed by atoms with Crippen molar-refractivity contribution in [2.24, 2.45) is 0 Å². The molecule has 1 aromatic carbocycles. The summed E-state index contributed by atoms with van der Waals surface area (Å²) >= 11 is 0. The number of hydrogen-bond donors (Lipinski definition) is 1. The number of carboxylic acids is 1. The van der Waals surface area contributed by atoms with Gasteiger partial charge in [-0.25, -0.2) is 14.2 Å². The second-order valence-electron chi connectivity index (χ2n) is 3.65. The van der Waals surface area contributed by atoms with E-state index in [1.54, 1.807) is 6.07 Å². The molecular formula is C12H12FNO5. The number of rotatable bonds is 6. The second kappa shape index (κ2) is 6.60. The molecule has 1 rings (SSSR count). The highest BCUT2D eigenvalue weighted by Crippen LogP contribution is 2.08. The minimum absolute atomic E-state index is 0.0833. The van der Waals surface area contributed by atoms with Crippen LogP contribution >= 0.6 is 0 Å². The van der Waals surface area contributed by atoms with E-state index in [9.17, 15) is 18.8 Å². The first kappa shape index (κ1) is 14.8. The van der Waals surface area contributed by atoms with E-state index in [4.69, 9.17) is 9.94 Å². The average Bonchev–Trinajstić information content (AvgIpc) is 2.35. The van der Waals surface area contributed by atoms with Crippen molar-refractivity contribution in [3.05, 3.63) is 35.6 Å². The summed E-state index contributed by atoms with van der Waals surface area (Å²) in [4.78, 5) is 37.6. The summed E-state index contributed by atoms with van der Waals surface area (Å²) in [6.45, 7) is -0.0833. The predicted octanol–water partition coefficient (Wildman–Crippen LogP) is 0.759. The van der Waals surface area contributed by atoms with E-state index >= 15 is 0 Å². The molecule has 0 saturated heterocycles. The van der Waals surface area contributed by atoms with Gasteiger partial charge in [-0.15, -0.1) is 0 Å². The third-order valence-corrected chi connectivity index (χ3v) is 2.26. The number of hydroxylamine groups is 2. The van der Waals surface area contributed by atoms with Gasteiger partial charge in [-0.3, -0.25) is 14.4 Å². The van der Waals surface area contributed by atoms with Crippen LogP contribution in [0, 0.1) is 5.82 Å². The summed E-state index contributed by atoms with van der Waals surface area (Å²) in [6.07, 6.45) is -0.807. The molecule has 0 fully saturated rings. The molecule has 0 bridgehead atoms. The van der Waals surface area contributed by atoms with Crippen molar-refractivity contribution in [2.75, 3.05) is 7.11 Å². The molecule has 0 atom stereocenters. The van der Waals surface area contributed by atoms with Crippen LogP contribution in [0.3, 0.4) is 0 Å². The molecule has 0 unspecified atom stereocenters. The van der Waals surface area contributed by atoms with Crippen molar-refractivity contribution >= 4 is 17.7 Å². The zero-order chi connectivity index (χ0) is 14.4. The molecule has 1 N–H and O–H groups in total. The van der Waals surface area contributed by atoms with Crippen molar-refractivity contribution < 1.29 is 28.7 Å². The summed E-state index contributed by atoms with van der Waals surface area (Å²) in [5, 5.41) is 9.20. The third-order valence-electron chi connectivity index (χ3n) is 2.26. The molecule has 0 saturated carbocycles. The predicted molar refractivity (Wildman–Crippen MR) is 61.2 cm³/mol. The lowest BCUT2D eigenvalue weighted by Gasteiger charge is -2.19. The number of Topliss-reactive ketones (excluding diaryl/α,β-unsaturated/α-hetero) is 1. The molecule has 0 spiro atoms. The van der Waals surface area contributed by atoms with Gasteiger partial charge in [-0.1, -0.05) is 12.1 Å². The van der Waals surface area contributed by atoms with E-state index in [2.05, 4.69) is 0 Å². The van der Waals surface area contributed by atoms with Crippen LogP contribution in [-0.4, -0.2) is 34.9 Å². The Kier molecular flexibility index (Phi) is 5.13. The van der Waals surface area contributed by atoms with Gasteiger partial charge in [0.2, 0.25) is 5.78 Å². The van der Waals surface area contributed by atoms with Gasteiger partial charge in [-0.2, -0.15) is 0 Å². The number of carboxylic acid groups (broad SMARTS) is 1. The molecule has 1 amide bonds. The highest BCUT2D eigenvalue weighted by Gasteiger charge is 2.21. The number of nitrogens with zero attached hydrogens (tertiary/aromatic N) is 1. The van der Waals surface area contributed by atoms with E-state index in [1.807, 2.05) is 0 Å². The fourth-order valence-corrected chi connectivity index (χ4v) is 1.36. The lowest BCUT2D eigenvalue weighted by Crippen LogP contribution is -2.32. The maximum absolute atomic E-state index is 13.0. The van der Waals surface area contributed by atoms with Crippen LogP contribution in [0.5, 0.6) is 0 Å². The molecule has 102 valence electrons. The largest absolute Gasteiger partial charge is 0.475 e. The lowest BCUT2D eigenvalue weighted by molar-refractivity contribution is -0.180. The molecule has 0 heterocycles. The number of halogens is 1. The Morgan fingerprint density at radius 2 is 2.05 bits per heavy atom. The van der Waals surface area contributed by atoms with Crippen molar-refractivity contribution in [1.82, 2.24) is 5.06 Å². The fraction of sp³-hybridized carbons (Fsp3) is 0.250. The summed E-state index contributed by atoms with van der Waals surface area (Å²) < 4.78 is 13.0. The fourth-order valence-electron chi connectivity index (χ4n) is 1.36. The summed E-state index contributed by atoms with van der Waals surface area (Å²) in [6, 6.07) is 5.49. The van der Waals surface area contributed by atoms with Crippen molar-refractivity contribution in [3.63, 3.8) is 0 Å². The van der Waals surface area contributed by atoms with Crippen molar-refractivity contribution in [1.29, 1.82) is 0 Å².